The fourth-order valence-electron chi connectivity index (χ4n) is 3.56. The zero-order chi connectivity index (χ0) is 21.9. The molecule has 2 aromatic heterocycles. The Morgan fingerprint density at radius 2 is 1.80 bits per heavy atom. The molecule has 1 aromatic carbocycles. The second-order valence-electron chi connectivity index (χ2n) is 7.60. The average molecular weight is 417 g/mol. The van der Waals surface area contributed by atoms with Gasteiger partial charge in [-0.1, -0.05) is 44.2 Å². The van der Waals surface area contributed by atoms with Gasteiger partial charge in [-0.05, 0) is 43.9 Å². The molecule has 4 nitrogen and oxygen atoms in total. The van der Waals surface area contributed by atoms with Crippen molar-refractivity contribution in [1.82, 2.24) is 14.5 Å². The number of halogens is 3. The Balaban J connectivity index is 0.000000187. The van der Waals surface area contributed by atoms with Crippen LogP contribution >= 0.6 is 0 Å². The van der Waals surface area contributed by atoms with Crippen molar-refractivity contribution in [2.24, 2.45) is 0 Å². The summed E-state index contributed by atoms with van der Waals surface area (Å²) in [7, 11) is 0. The Morgan fingerprint density at radius 3 is 2.33 bits per heavy atom. The summed E-state index contributed by atoms with van der Waals surface area (Å²) in [5, 5.41) is 0. The number of imidazole rings is 1. The first-order valence-electron chi connectivity index (χ1n) is 10.2. The summed E-state index contributed by atoms with van der Waals surface area (Å²) in [6.07, 6.45) is -0.690. The van der Waals surface area contributed by atoms with Crippen LogP contribution in [0.3, 0.4) is 0 Å². The van der Waals surface area contributed by atoms with E-state index in [1.165, 1.54) is 6.07 Å². The highest BCUT2D eigenvalue weighted by molar-refractivity contribution is 5.84. The lowest BCUT2D eigenvalue weighted by Crippen LogP contribution is -2.19. The third kappa shape index (κ3) is 4.71. The van der Waals surface area contributed by atoms with Crippen LogP contribution in [0, 0.1) is 6.92 Å². The van der Waals surface area contributed by atoms with Crippen LogP contribution in [0.1, 0.15) is 68.6 Å². The molecular weight excluding hydrogens is 391 g/mol. The Bertz CT molecular complexity index is 1010. The van der Waals surface area contributed by atoms with Crippen LogP contribution < -0.4 is 0 Å². The molecule has 1 atom stereocenters. The van der Waals surface area contributed by atoms with Gasteiger partial charge in [0.2, 0.25) is 0 Å². The third-order valence-corrected chi connectivity index (χ3v) is 5.57. The molecule has 160 valence electrons. The van der Waals surface area contributed by atoms with E-state index in [2.05, 4.69) is 9.97 Å². The Labute approximate surface area is 174 Å². The monoisotopic (exact) mass is 417 g/mol. The van der Waals surface area contributed by atoms with Crippen molar-refractivity contribution in [3.8, 4) is 0 Å². The van der Waals surface area contributed by atoms with Crippen LogP contribution in [-0.4, -0.2) is 20.3 Å². The van der Waals surface area contributed by atoms with Crippen molar-refractivity contribution < 1.29 is 18.0 Å². The number of benzene rings is 1. The van der Waals surface area contributed by atoms with E-state index in [0.717, 1.165) is 36.7 Å². The molecule has 1 saturated carbocycles. The number of aryl methyl sites for hydroxylation is 1. The van der Waals surface area contributed by atoms with E-state index < -0.39 is 11.9 Å². The molecule has 0 N–H and O–H groups in total. The van der Waals surface area contributed by atoms with Crippen LogP contribution in [0.25, 0.3) is 11.2 Å². The highest BCUT2D eigenvalue weighted by Gasteiger charge is 2.33. The lowest BCUT2D eigenvalue weighted by atomic mass is 9.93. The Morgan fingerprint density at radius 1 is 1.13 bits per heavy atom. The van der Waals surface area contributed by atoms with E-state index in [9.17, 15) is 18.0 Å². The zero-order valence-corrected chi connectivity index (χ0v) is 17.4. The summed E-state index contributed by atoms with van der Waals surface area (Å²) in [6.45, 7) is 5.68. The third-order valence-electron chi connectivity index (χ3n) is 5.57. The normalized spacial score (nSPS) is 15.3. The molecule has 0 bridgehead atoms. The second-order valence-corrected chi connectivity index (χ2v) is 7.60. The fourth-order valence-corrected chi connectivity index (χ4v) is 3.56. The summed E-state index contributed by atoms with van der Waals surface area (Å²) in [5.41, 5.74) is 1.15. The standard InChI is InChI=1S/C12H12F3N3.C11H14O/c1-7-16-9-5-6-10(12(13,14)15)17-11(9)18(7)8-3-2-4-8;1-3-11(12)9(2)10-7-5-4-6-8-10/h5-6,8H,2-4H2,1H3;4-9H,3H2,1-2H3. The summed E-state index contributed by atoms with van der Waals surface area (Å²) in [4.78, 5) is 19.3. The fraction of sp³-hybridized carbons (Fsp3) is 0.435. The maximum atomic E-state index is 12.7. The largest absolute Gasteiger partial charge is 0.433 e. The number of hydrogen-bond donors (Lipinski definition) is 0. The average Bonchev–Trinajstić information content (AvgIpc) is 3.01. The van der Waals surface area contributed by atoms with E-state index >= 15 is 0 Å². The number of Topliss-reactive ketones (excluding diaryl/α,β-unsaturated/α-hetero) is 1. The molecule has 0 aliphatic heterocycles. The van der Waals surface area contributed by atoms with Gasteiger partial charge >= 0.3 is 6.18 Å². The van der Waals surface area contributed by atoms with Crippen LogP contribution in [0.5, 0.6) is 0 Å². The molecule has 1 unspecified atom stereocenters. The van der Waals surface area contributed by atoms with Crippen LogP contribution in [0.4, 0.5) is 13.2 Å². The molecule has 3 aromatic rings. The number of nitrogens with zero attached hydrogens (tertiary/aromatic N) is 3. The molecular formula is C23H26F3N3O. The minimum Gasteiger partial charge on any atom is -0.310 e. The Hall–Kier alpha value is -2.70. The molecule has 7 heteroatoms. The molecule has 2 heterocycles. The quantitative estimate of drug-likeness (QED) is 0.504. The summed E-state index contributed by atoms with van der Waals surface area (Å²) in [5.74, 6) is 1.10. The number of fused-ring (bicyclic) bond motifs is 1. The molecule has 0 spiro atoms. The van der Waals surface area contributed by atoms with Crippen molar-refractivity contribution in [1.29, 1.82) is 0 Å². The zero-order valence-electron chi connectivity index (χ0n) is 17.4. The van der Waals surface area contributed by atoms with Crippen LogP contribution in [-0.2, 0) is 11.0 Å². The van der Waals surface area contributed by atoms with Crippen molar-refractivity contribution in [3.63, 3.8) is 0 Å². The SMILES string of the molecule is CCC(=O)C(C)c1ccccc1.Cc1nc2ccc(C(F)(F)F)nc2n1C1CCC1. The molecule has 1 fully saturated rings. The first kappa shape index (κ1) is 22.0. The van der Waals surface area contributed by atoms with Crippen molar-refractivity contribution in [2.45, 2.75) is 64.6 Å². The van der Waals surface area contributed by atoms with E-state index in [0.29, 0.717) is 23.4 Å². The topological polar surface area (TPSA) is 47.8 Å². The first-order valence-corrected chi connectivity index (χ1v) is 10.2. The minimum atomic E-state index is -4.41. The summed E-state index contributed by atoms with van der Waals surface area (Å²) in [6, 6.07) is 12.5. The first-order chi connectivity index (χ1) is 14.2. The van der Waals surface area contributed by atoms with Gasteiger partial charge < -0.3 is 4.57 Å². The summed E-state index contributed by atoms with van der Waals surface area (Å²) < 4.78 is 39.8. The number of ketones is 1. The maximum absolute atomic E-state index is 12.7. The van der Waals surface area contributed by atoms with Crippen LogP contribution in [0.15, 0.2) is 42.5 Å². The van der Waals surface area contributed by atoms with E-state index in [1.54, 1.807) is 0 Å². The highest BCUT2D eigenvalue weighted by Crippen LogP contribution is 2.36. The minimum absolute atomic E-state index is 0.0520. The number of alkyl halides is 3. The number of carbonyl (C=O) groups excluding carboxylic acids is 1. The number of pyridine rings is 1. The molecule has 0 saturated heterocycles. The van der Waals surface area contributed by atoms with E-state index in [-0.39, 0.29) is 12.0 Å². The smallest absolute Gasteiger partial charge is 0.310 e. The van der Waals surface area contributed by atoms with Gasteiger partial charge in [0.05, 0.1) is 0 Å². The second kappa shape index (κ2) is 8.98. The van der Waals surface area contributed by atoms with E-state index in [4.69, 9.17) is 0 Å². The summed E-state index contributed by atoms with van der Waals surface area (Å²) >= 11 is 0. The van der Waals surface area contributed by atoms with Gasteiger partial charge in [-0.2, -0.15) is 13.2 Å². The van der Waals surface area contributed by atoms with Gasteiger partial charge in [-0.3, -0.25) is 4.79 Å². The predicted octanol–water partition coefficient (Wildman–Crippen LogP) is 6.25. The molecule has 30 heavy (non-hydrogen) atoms. The van der Waals surface area contributed by atoms with Gasteiger partial charge in [-0.25, -0.2) is 9.97 Å². The molecule has 0 amide bonds. The number of hydrogen-bond acceptors (Lipinski definition) is 3. The molecule has 0 radical (unpaired) electrons. The highest BCUT2D eigenvalue weighted by atomic mass is 19.4. The maximum Gasteiger partial charge on any atom is 0.433 e. The van der Waals surface area contributed by atoms with Crippen molar-refractivity contribution >= 4 is 16.9 Å². The number of rotatable bonds is 4. The molecule has 1 aliphatic rings. The van der Waals surface area contributed by atoms with Gasteiger partial charge in [0, 0.05) is 18.4 Å². The van der Waals surface area contributed by atoms with Crippen molar-refractivity contribution in [2.75, 3.05) is 0 Å². The molecule has 4 rings (SSSR count). The van der Waals surface area contributed by atoms with Gasteiger partial charge in [0.15, 0.2) is 5.65 Å². The molecule has 1 aliphatic carbocycles. The van der Waals surface area contributed by atoms with Crippen LogP contribution in [0.2, 0.25) is 0 Å². The van der Waals surface area contributed by atoms with Gasteiger partial charge in [-0.15, -0.1) is 0 Å². The lowest BCUT2D eigenvalue weighted by Gasteiger charge is -2.28. The number of aromatic nitrogens is 3. The number of carbonyl (C=O) groups is 1. The predicted molar refractivity (Wildman–Crippen MR) is 110 cm³/mol. The lowest BCUT2D eigenvalue weighted by molar-refractivity contribution is -0.141. The van der Waals surface area contributed by atoms with Gasteiger partial charge in [0.25, 0.3) is 0 Å². The van der Waals surface area contributed by atoms with Gasteiger partial charge in [0.1, 0.15) is 22.8 Å². The van der Waals surface area contributed by atoms with E-state index in [1.807, 2.05) is 55.7 Å². The Kier molecular flexibility index (Phi) is 6.58. The van der Waals surface area contributed by atoms with Crippen molar-refractivity contribution in [3.05, 3.63) is 59.5 Å².